The largest absolute Gasteiger partial charge is 0.445 e. The van der Waals surface area contributed by atoms with Gasteiger partial charge in [0.1, 0.15) is 22.5 Å². The van der Waals surface area contributed by atoms with Crippen LogP contribution in [-0.4, -0.2) is 81.5 Å². The van der Waals surface area contributed by atoms with Crippen LogP contribution in [0.3, 0.4) is 0 Å². The van der Waals surface area contributed by atoms with Crippen LogP contribution in [0.5, 0.6) is 0 Å². The Labute approximate surface area is 173 Å². The maximum Gasteiger partial charge on any atom is 0.408 e. The summed E-state index contributed by atoms with van der Waals surface area (Å²) >= 11 is 0. The van der Waals surface area contributed by atoms with E-state index in [1.165, 1.54) is 0 Å². The van der Waals surface area contributed by atoms with Gasteiger partial charge in [0, 0.05) is 25.4 Å². The fourth-order valence-electron chi connectivity index (χ4n) is 3.29. The predicted molar refractivity (Wildman–Crippen MR) is 111 cm³/mol. The van der Waals surface area contributed by atoms with Gasteiger partial charge in [0.15, 0.2) is 0 Å². The van der Waals surface area contributed by atoms with Crippen molar-refractivity contribution in [3.05, 3.63) is 35.9 Å². The van der Waals surface area contributed by atoms with Gasteiger partial charge >= 0.3 is 6.09 Å². The van der Waals surface area contributed by atoms with Crippen LogP contribution in [0.15, 0.2) is 30.3 Å². The van der Waals surface area contributed by atoms with Crippen LogP contribution < -0.4 is 5.32 Å². The molecule has 2 atom stereocenters. The number of nitrogens with one attached hydrogen (secondary N) is 1. The second-order valence-corrected chi connectivity index (χ2v) is 9.98. The van der Waals surface area contributed by atoms with Gasteiger partial charge in [-0.3, -0.25) is 4.79 Å². The van der Waals surface area contributed by atoms with Gasteiger partial charge in [0.25, 0.3) is 0 Å². The number of hydrogen-bond acceptors (Lipinski definition) is 6. The molecule has 1 heterocycles. The van der Waals surface area contributed by atoms with Crippen molar-refractivity contribution >= 4 is 21.8 Å². The number of rotatable bonds is 8. The second kappa shape index (κ2) is 10.6. The first-order valence-electron chi connectivity index (χ1n) is 9.76. The predicted octanol–water partition coefficient (Wildman–Crippen LogP) is 1.27. The molecule has 0 aliphatic carbocycles. The number of nitrogens with zero attached hydrogens (tertiary/aromatic N) is 2. The first kappa shape index (κ1) is 23.2. The fourth-order valence-corrected chi connectivity index (χ4v) is 3.96. The summed E-state index contributed by atoms with van der Waals surface area (Å²) in [5.41, 5.74) is 0.825. The van der Waals surface area contributed by atoms with Crippen LogP contribution in [0, 0.1) is 0 Å². The molecule has 0 saturated carbocycles. The number of amides is 2. The molecule has 2 unspecified atom stereocenters. The van der Waals surface area contributed by atoms with E-state index in [2.05, 4.69) is 10.2 Å². The van der Waals surface area contributed by atoms with Crippen LogP contribution in [-0.2, 0) is 26.0 Å². The van der Waals surface area contributed by atoms with E-state index in [0.29, 0.717) is 13.1 Å². The standard InChI is InChI=1S/C20H31N3O5S/c1-22(2)17-10-7-12-23(14-17)19(24)18(11-13-29(3,26)27)21-20(25)28-15-16-8-5-4-6-9-16/h4-6,8-9,17-18H,7,10-15H2,1-3H3,(H,21,25). The molecule has 1 N–H and O–H groups in total. The SMILES string of the molecule is CN(C)C1CCCN(C(=O)C(CCS(C)(=O)=O)NC(=O)OCc2ccccc2)C1. The molecule has 1 aromatic carbocycles. The number of sulfone groups is 1. The third kappa shape index (κ3) is 8.02. The van der Waals surface area contributed by atoms with Crippen molar-refractivity contribution in [1.82, 2.24) is 15.1 Å². The summed E-state index contributed by atoms with van der Waals surface area (Å²) in [5, 5.41) is 2.57. The van der Waals surface area contributed by atoms with E-state index < -0.39 is 22.0 Å². The van der Waals surface area contributed by atoms with Crippen molar-refractivity contribution in [1.29, 1.82) is 0 Å². The molecule has 0 bridgehead atoms. The highest BCUT2D eigenvalue weighted by Gasteiger charge is 2.31. The van der Waals surface area contributed by atoms with E-state index >= 15 is 0 Å². The van der Waals surface area contributed by atoms with Gasteiger partial charge < -0.3 is 19.9 Å². The summed E-state index contributed by atoms with van der Waals surface area (Å²) in [6.07, 6.45) is 2.26. The van der Waals surface area contributed by atoms with E-state index in [1.54, 1.807) is 4.90 Å². The van der Waals surface area contributed by atoms with Crippen molar-refractivity contribution in [3.63, 3.8) is 0 Å². The van der Waals surface area contributed by atoms with Gasteiger partial charge in [-0.05, 0) is 38.9 Å². The molecular formula is C20H31N3O5S. The van der Waals surface area contributed by atoms with Crippen LogP contribution in [0.2, 0.25) is 0 Å². The maximum atomic E-state index is 13.0. The summed E-state index contributed by atoms with van der Waals surface area (Å²) in [5.74, 6) is -0.454. The van der Waals surface area contributed by atoms with Crippen LogP contribution >= 0.6 is 0 Å². The lowest BCUT2D eigenvalue weighted by molar-refractivity contribution is -0.135. The summed E-state index contributed by atoms with van der Waals surface area (Å²) in [4.78, 5) is 29.1. The number of benzene rings is 1. The number of carbonyl (C=O) groups is 2. The number of carbonyl (C=O) groups excluding carboxylic acids is 2. The first-order valence-corrected chi connectivity index (χ1v) is 11.8. The third-order valence-corrected chi connectivity index (χ3v) is 6.00. The van der Waals surface area contributed by atoms with Gasteiger partial charge in [0.2, 0.25) is 5.91 Å². The highest BCUT2D eigenvalue weighted by atomic mass is 32.2. The number of alkyl carbamates (subject to hydrolysis) is 1. The number of likely N-dealkylation sites (tertiary alicyclic amines) is 1. The number of piperidine rings is 1. The summed E-state index contributed by atoms with van der Waals surface area (Å²) in [6.45, 7) is 1.23. The monoisotopic (exact) mass is 425 g/mol. The molecule has 29 heavy (non-hydrogen) atoms. The molecule has 0 radical (unpaired) electrons. The van der Waals surface area contributed by atoms with E-state index in [0.717, 1.165) is 24.7 Å². The minimum Gasteiger partial charge on any atom is -0.445 e. The van der Waals surface area contributed by atoms with Crippen molar-refractivity contribution in [2.24, 2.45) is 0 Å². The van der Waals surface area contributed by atoms with E-state index in [-0.39, 0.29) is 30.7 Å². The normalized spacial score (nSPS) is 18.3. The Morgan fingerprint density at radius 3 is 2.59 bits per heavy atom. The Kier molecular flexibility index (Phi) is 8.45. The van der Waals surface area contributed by atoms with Crippen LogP contribution in [0.4, 0.5) is 4.79 Å². The molecule has 162 valence electrons. The lowest BCUT2D eigenvalue weighted by Crippen LogP contribution is -2.54. The summed E-state index contributed by atoms with van der Waals surface area (Å²) in [6, 6.07) is 8.51. The van der Waals surface area contributed by atoms with Crippen LogP contribution in [0.1, 0.15) is 24.8 Å². The zero-order valence-corrected chi connectivity index (χ0v) is 18.2. The molecular weight excluding hydrogens is 394 g/mol. The molecule has 0 spiro atoms. The van der Waals surface area contributed by atoms with E-state index in [9.17, 15) is 18.0 Å². The van der Waals surface area contributed by atoms with E-state index in [4.69, 9.17) is 4.74 Å². The van der Waals surface area contributed by atoms with E-state index in [1.807, 2.05) is 44.4 Å². The molecule has 2 rings (SSSR count). The lowest BCUT2D eigenvalue weighted by atomic mass is 10.0. The molecule has 0 aromatic heterocycles. The second-order valence-electron chi connectivity index (χ2n) is 7.72. The smallest absolute Gasteiger partial charge is 0.408 e. The minimum atomic E-state index is -3.27. The molecule has 8 nitrogen and oxygen atoms in total. The highest BCUT2D eigenvalue weighted by molar-refractivity contribution is 7.90. The Morgan fingerprint density at radius 1 is 1.28 bits per heavy atom. The molecule has 2 amide bonds. The van der Waals surface area contributed by atoms with Gasteiger partial charge in [-0.2, -0.15) is 0 Å². The Morgan fingerprint density at radius 2 is 1.97 bits per heavy atom. The number of ether oxygens (including phenoxy) is 1. The molecule has 1 aliphatic rings. The minimum absolute atomic E-state index is 0.0151. The molecule has 1 saturated heterocycles. The topological polar surface area (TPSA) is 96.0 Å². The quantitative estimate of drug-likeness (QED) is 0.674. The van der Waals surface area contributed by atoms with Crippen LogP contribution in [0.25, 0.3) is 0 Å². The van der Waals surface area contributed by atoms with Gasteiger partial charge in [0.05, 0.1) is 5.75 Å². The zero-order chi connectivity index (χ0) is 21.4. The molecule has 1 aliphatic heterocycles. The van der Waals surface area contributed by atoms with Gasteiger partial charge in [-0.1, -0.05) is 30.3 Å². The Hall–Kier alpha value is -2.13. The number of likely N-dealkylation sites (N-methyl/N-ethyl adjacent to an activating group) is 1. The molecule has 1 fully saturated rings. The highest BCUT2D eigenvalue weighted by Crippen LogP contribution is 2.16. The van der Waals surface area contributed by atoms with Gasteiger partial charge in [-0.25, -0.2) is 13.2 Å². The molecule has 9 heteroatoms. The lowest BCUT2D eigenvalue weighted by Gasteiger charge is -2.37. The van der Waals surface area contributed by atoms with Crippen molar-refractivity contribution < 1.29 is 22.7 Å². The summed E-state index contributed by atoms with van der Waals surface area (Å²) < 4.78 is 28.4. The average Bonchev–Trinajstić information content (AvgIpc) is 2.69. The Balaban J connectivity index is 2.01. The van der Waals surface area contributed by atoms with Gasteiger partial charge in [-0.15, -0.1) is 0 Å². The molecule has 1 aromatic rings. The van der Waals surface area contributed by atoms with Crippen molar-refractivity contribution in [2.45, 2.75) is 38.0 Å². The third-order valence-electron chi connectivity index (χ3n) is 5.02. The number of hydrogen-bond donors (Lipinski definition) is 1. The maximum absolute atomic E-state index is 13.0. The average molecular weight is 426 g/mol. The van der Waals surface area contributed by atoms with Crippen molar-refractivity contribution in [2.75, 3.05) is 39.2 Å². The first-order chi connectivity index (χ1) is 13.7. The zero-order valence-electron chi connectivity index (χ0n) is 17.3. The summed E-state index contributed by atoms with van der Waals surface area (Å²) in [7, 11) is 0.673. The Bertz CT molecular complexity index is 783. The van der Waals surface area contributed by atoms with Crippen molar-refractivity contribution in [3.8, 4) is 0 Å². The fraction of sp³-hybridized carbons (Fsp3) is 0.600.